The third-order valence-electron chi connectivity index (χ3n) is 3.96. The van der Waals surface area contributed by atoms with Gasteiger partial charge in [-0.2, -0.15) is 0 Å². The second kappa shape index (κ2) is 8.48. The highest BCUT2D eigenvalue weighted by molar-refractivity contribution is 5.77. The average molecular weight is 327 g/mol. The Balaban J connectivity index is 0.00000100. The minimum absolute atomic E-state index is 0.0847. The lowest BCUT2D eigenvalue weighted by Crippen LogP contribution is -2.10. The number of ether oxygens (including phenoxy) is 1. The van der Waals surface area contributed by atoms with Gasteiger partial charge in [0.15, 0.2) is 16.8 Å². The summed E-state index contributed by atoms with van der Waals surface area (Å²) in [6, 6.07) is 10.2. The van der Waals surface area contributed by atoms with Crippen LogP contribution in [0.3, 0.4) is 0 Å². The predicted octanol–water partition coefficient (Wildman–Crippen LogP) is 5.13. The molecular weight excluding hydrogens is 302 g/mol. The zero-order valence-corrected chi connectivity index (χ0v) is 14.8. The van der Waals surface area contributed by atoms with Crippen molar-refractivity contribution in [1.82, 2.24) is 4.98 Å². The van der Waals surface area contributed by atoms with Crippen molar-refractivity contribution in [3.8, 4) is 17.2 Å². The maximum Gasteiger partial charge on any atom is 0.182 e. The smallest absolute Gasteiger partial charge is 0.182 e. The van der Waals surface area contributed by atoms with Crippen LogP contribution >= 0.6 is 0 Å². The van der Waals surface area contributed by atoms with Crippen molar-refractivity contribution in [2.75, 3.05) is 6.61 Å². The number of aromatic nitrogens is 1. The summed E-state index contributed by atoms with van der Waals surface area (Å²) in [5, 5.41) is 0. The van der Waals surface area contributed by atoms with Gasteiger partial charge in [-0.3, -0.25) is 4.79 Å². The SMILES string of the molecule is CC.CCC(CC)COc1ccc2nc3ccc(=O)cc-3oc2c1. The molecule has 0 N–H and O–H groups in total. The van der Waals surface area contributed by atoms with Crippen LogP contribution in [-0.4, -0.2) is 11.6 Å². The Bertz CT molecular complexity index is 806. The van der Waals surface area contributed by atoms with Crippen LogP contribution in [0.5, 0.6) is 5.75 Å². The van der Waals surface area contributed by atoms with E-state index in [2.05, 4.69) is 18.8 Å². The van der Waals surface area contributed by atoms with Crippen LogP contribution < -0.4 is 10.2 Å². The highest BCUT2D eigenvalue weighted by Crippen LogP contribution is 2.26. The Morgan fingerprint density at radius 1 is 1.08 bits per heavy atom. The van der Waals surface area contributed by atoms with Crippen molar-refractivity contribution in [2.24, 2.45) is 5.92 Å². The van der Waals surface area contributed by atoms with Crippen molar-refractivity contribution in [2.45, 2.75) is 40.5 Å². The van der Waals surface area contributed by atoms with Crippen molar-refractivity contribution in [1.29, 1.82) is 0 Å². The molecule has 1 aromatic rings. The molecular formula is C20H25NO3. The van der Waals surface area contributed by atoms with Gasteiger partial charge in [-0.15, -0.1) is 0 Å². The topological polar surface area (TPSA) is 52.3 Å². The summed E-state index contributed by atoms with van der Waals surface area (Å²) in [6.45, 7) is 9.04. The summed E-state index contributed by atoms with van der Waals surface area (Å²) < 4.78 is 11.6. The van der Waals surface area contributed by atoms with E-state index in [0.29, 0.717) is 29.6 Å². The first-order valence-electron chi connectivity index (χ1n) is 8.67. The van der Waals surface area contributed by atoms with E-state index < -0.39 is 0 Å². The van der Waals surface area contributed by atoms with Gasteiger partial charge < -0.3 is 9.15 Å². The minimum atomic E-state index is -0.0847. The van der Waals surface area contributed by atoms with Gasteiger partial charge in [-0.1, -0.05) is 40.5 Å². The number of fused-ring (bicyclic) bond motifs is 2. The quantitative estimate of drug-likeness (QED) is 0.609. The first kappa shape index (κ1) is 18.0. The Kier molecular flexibility index (Phi) is 6.36. The number of hydrogen-bond donors (Lipinski definition) is 0. The summed E-state index contributed by atoms with van der Waals surface area (Å²) in [7, 11) is 0. The molecule has 1 aliphatic carbocycles. The van der Waals surface area contributed by atoms with Crippen LogP contribution in [0.4, 0.5) is 0 Å². The molecule has 2 aliphatic rings. The van der Waals surface area contributed by atoms with E-state index in [0.717, 1.165) is 24.1 Å². The molecule has 0 saturated carbocycles. The van der Waals surface area contributed by atoms with Crippen LogP contribution in [0.25, 0.3) is 22.6 Å². The standard InChI is InChI=1S/C18H19NO3.C2H6/c1-3-12(4-2)11-21-14-6-8-16-18(10-14)22-17-9-13(20)5-7-15(17)19-16;1-2/h5-10,12H,3-4,11H2,1-2H3;1-2H3. The average Bonchev–Trinajstić information content (AvgIpc) is 2.62. The first-order valence-corrected chi connectivity index (χ1v) is 8.67. The Labute approximate surface area is 142 Å². The third-order valence-corrected chi connectivity index (χ3v) is 3.96. The zero-order chi connectivity index (χ0) is 17.5. The lowest BCUT2D eigenvalue weighted by Gasteiger charge is -2.14. The van der Waals surface area contributed by atoms with Crippen LogP contribution in [0, 0.1) is 5.92 Å². The molecule has 1 heterocycles. The van der Waals surface area contributed by atoms with E-state index in [4.69, 9.17) is 9.15 Å². The second-order valence-corrected chi connectivity index (χ2v) is 5.47. The van der Waals surface area contributed by atoms with E-state index in [1.165, 1.54) is 12.1 Å². The van der Waals surface area contributed by atoms with E-state index >= 15 is 0 Å². The van der Waals surface area contributed by atoms with Crippen molar-refractivity contribution >= 4 is 11.1 Å². The summed E-state index contributed by atoms with van der Waals surface area (Å²) in [5.41, 5.74) is 1.97. The fraction of sp³-hybridized carbons (Fsp3) is 0.400. The fourth-order valence-electron chi connectivity index (χ4n) is 2.41. The monoisotopic (exact) mass is 327 g/mol. The maximum absolute atomic E-state index is 11.4. The molecule has 0 amide bonds. The molecule has 0 atom stereocenters. The predicted molar refractivity (Wildman–Crippen MR) is 97.8 cm³/mol. The van der Waals surface area contributed by atoms with Crippen molar-refractivity contribution in [3.05, 3.63) is 46.6 Å². The van der Waals surface area contributed by atoms with Gasteiger partial charge in [0.1, 0.15) is 17.0 Å². The lowest BCUT2D eigenvalue weighted by molar-refractivity contribution is 0.240. The van der Waals surface area contributed by atoms with Crippen molar-refractivity contribution < 1.29 is 9.15 Å². The first-order chi connectivity index (χ1) is 11.7. The molecule has 0 saturated heterocycles. The molecule has 4 heteroatoms. The molecule has 0 aromatic heterocycles. The molecule has 128 valence electrons. The maximum atomic E-state index is 11.4. The summed E-state index contributed by atoms with van der Waals surface area (Å²) in [4.78, 5) is 15.9. The minimum Gasteiger partial charge on any atom is -0.493 e. The molecule has 0 bridgehead atoms. The van der Waals surface area contributed by atoms with Gasteiger partial charge >= 0.3 is 0 Å². The fourth-order valence-corrected chi connectivity index (χ4v) is 2.41. The lowest BCUT2D eigenvalue weighted by atomic mass is 10.1. The second-order valence-electron chi connectivity index (χ2n) is 5.47. The van der Waals surface area contributed by atoms with Gasteiger partial charge in [0.2, 0.25) is 0 Å². The van der Waals surface area contributed by atoms with Crippen molar-refractivity contribution in [3.63, 3.8) is 0 Å². The Morgan fingerprint density at radius 3 is 2.54 bits per heavy atom. The molecule has 24 heavy (non-hydrogen) atoms. The van der Waals surface area contributed by atoms with E-state index in [1.54, 1.807) is 6.07 Å². The van der Waals surface area contributed by atoms with Gasteiger partial charge in [0.05, 0.1) is 6.61 Å². The number of rotatable bonds is 5. The van der Waals surface area contributed by atoms with Crippen LogP contribution in [0.15, 0.2) is 45.6 Å². The molecule has 0 radical (unpaired) electrons. The van der Waals surface area contributed by atoms with E-state index in [-0.39, 0.29) is 5.43 Å². The summed E-state index contributed by atoms with van der Waals surface area (Å²) in [5.74, 6) is 1.82. The summed E-state index contributed by atoms with van der Waals surface area (Å²) >= 11 is 0. The Morgan fingerprint density at radius 2 is 1.83 bits per heavy atom. The number of benzene rings is 2. The number of hydrogen-bond acceptors (Lipinski definition) is 4. The largest absolute Gasteiger partial charge is 0.493 e. The van der Waals surface area contributed by atoms with Crippen LogP contribution in [0.1, 0.15) is 40.5 Å². The highest BCUT2D eigenvalue weighted by atomic mass is 16.5. The zero-order valence-electron chi connectivity index (χ0n) is 14.8. The third kappa shape index (κ3) is 4.13. The normalized spacial score (nSPS) is 10.7. The van der Waals surface area contributed by atoms with E-state index in [9.17, 15) is 4.79 Å². The highest BCUT2D eigenvalue weighted by Gasteiger charge is 2.10. The van der Waals surface area contributed by atoms with Gasteiger partial charge in [0.25, 0.3) is 0 Å². The molecule has 1 aliphatic heterocycles. The van der Waals surface area contributed by atoms with Crippen LogP contribution in [-0.2, 0) is 0 Å². The molecule has 0 fully saturated rings. The van der Waals surface area contributed by atoms with Crippen LogP contribution in [0.2, 0.25) is 0 Å². The summed E-state index contributed by atoms with van der Waals surface area (Å²) in [6.07, 6.45) is 2.21. The molecule has 0 unspecified atom stereocenters. The molecule has 4 nitrogen and oxygen atoms in total. The van der Waals surface area contributed by atoms with E-state index in [1.807, 2.05) is 32.0 Å². The van der Waals surface area contributed by atoms with Gasteiger partial charge in [-0.05, 0) is 30.2 Å². The number of nitrogens with zero attached hydrogens (tertiary/aromatic N) is 1. The molecule has 0 spiro atoms. The van der Waals surface area contributed by atoms with Gasteiger partial charge in [-0.25, -0.2) is 4.98 Å². The van der Waals surface area contributed by atoms with Gasteiger partial charge in [0, 0.05) is 12.1 Å². The molecule has 1 aromatic carbocycles. The molecule has 3 rings (SSSR count). The Hall–Kier alpha value is -2.36.